The van der Waals surface area contributed by atoms with Crippen molar-refractivity contribution in [1.29, 1.82) is 0 Å². The Bertz CT molecular complexity index is 723. The van der Waals surface area contributed by atoms with Gasteiger partial charge in [-0.05, 0) is 19.3 Å². The minimum Gasteiger partial charge on any atom is -0.479 e. The minimum absolute atomic E-state index is 0.192. The average molecular weight is 442 g/mol. The number of carbonyl (C=O) groups excluding carboxylic acids is 3. The van der Waals surface area contributed by atoms with Crippen LogP contribution in [0.1, 0.15) is 58.3 Å². The summed E-state index contributed by atoms with van der Waals surface area (Å²) in [5.74, 6) is -4.27. The molecule has 0 aromatic carbocycles. The van der Waals surface area contributed by atoms with Gasteiger partial charge in [0.05, 0.1) is 0 Å². The van der Waals surface area contributed by atoms with E-state index in [0.29, 0.717) is 30.6 Å². The summed E-state index contributed by atoms with van der Waals surface area (Å²) in [6, 6.07) is -1.40. The van der Waals surface area contributed by atoms with Crippen molar-refractivity contribution in [3.05, 3.63) is 0 Å². The van der Waals surface area contributed by atoms with Gasteiger partial charge >= 0.3 is 12.0 Å². The molecule has 3 aliphatic rings. The Labute approximate surface area is 179 Å². The van der Waals surface area contributed by atoms with Crippen molar-refractivity contribution in [3.63, 3.8) is 0 Å². The third kappa shape index (κ3) is 4.32. The molecular formula is C20H30N2O9. The molecule has 0 aromatic rings. The highest BCUT2D eigenvalue weighted by Crippen LogP contribution is 2.34. The van der Waals surface area contributed by atoms with Crippen molar-refractivity contribution in [3.8, 4) is 0 Å². The second-order valence-electron chi connectivity index (χ2n) is 8.44. The van der Waals surface area contributed by atoms with E-state index in [9.17, 15) is 39.6 Å². The van der Waals surface area contributed by atoms with Crippen molar-refractivity contribution in [2.45, 2.75) is 95.0 Å². The first kappa shape index (κ1) is 23.6. The molecule has 2 heterocycles. The highest BCUT2D eigenvalue weighted by molar-refractivity contribution is 6.16. The maximum Gasteiger partial charge on any atom is 0.335 e. The molecular weight excluding hydrogens is 412 g/mol. The Morgan fingerprint density at radius 2 is 1.58 bits per heavy atom. The summed E-state index contributed by atoms with van der Waals surface area (Å²) in [7, 11) is 0. The van der Waals surface area contributed by atoms with Gasteiger partial charge in [0.15, 0.2) is 12.3 Å². The number of nitrogens with zero attached hydrogens (tertiary/aromatic N) is 2. The lowest BCUT2D eigenvalue weighted by atomic mass is 9.89. The average Bonchev–Trinajstić information content (AvgIpc) is 2.74. The summed E-state index contributed by atoms with van der Waals surface area (Å²) in [6.07, 6.45) is -4.40. The molecule has 11 nitrogen and oxygen atoms in total. The summed E-state index contributed by atoms with van der Waals surface area (Å²) in [5.41, 5.74) is 0. The number of ether oxygens (including phenoxy) is 1. The number of imide groups is 2. The maximum atomic E-state index is 13.3. The van der Waals surface area contributed by atoms with Crippen LogP contribution in [-0.2, 0) is 19.1 Å². The van der Waals surface area contributed by atoms with E-state index in [4.69, 9.17) is 4.74 Å². The predicted octanol–water partition coefficient (Wildman–Crippen LogP) is -0.191. The van der Waals surface area contributed by atoms with Gasteiger partial charge in [-0.1, -0.05) is 39.0 Å². The summed E-state index contributed by atoms with van der Waals surface area (Å²) in [6.45, 7) is 1.89. The van der Waals surface area contributed by atoms with E-state index in [0.717, 1.165) is 24.2 Å². The second kappa shape index (κ2) is 9.60. The number of unbranched alkanes of at least 4 members (excludes halogenated alkanes) is 1. The molecule has 11 heteroatoms. The van der Waals surface area contributed by atoms with Crippen molar-refractivity contribution in [2.24, 2.45) is 5.92 Å². The van der Waals surface area contributed by atoms with Gasteiger partial charge in [0.25, 0.3) is 0 Å². The van der Waals surface area contributed by atoms with Crippen LogP contribution in [0.15, 0.2) is 0 Å². The molecule has 3 rings (SSSR count). The molecule has 2 aliphatic heterocycles. The van der Waals surface area contributed by atoms with E-state index in [1.165, 1.54) is 0 Å². The van der Waals surface area contributed by atoms with Gasteiger partial charge in [0.1, 0.15) is 24.2 Å². The molecule has 4 amide bonds. The third-order valence-corrected chi connectivity index (χ3v) is 6.36. The van der Waals surface area contributed by atoms with Gasteiger partial charge in [-0.25, -0.2) is 14.5 Å². The molecule has 3 fully saturated rings. The SMILES string of the molecule is CCCCC1C(=O)N(C2CCCCC2)C(=O)N([C@@H]2O[C@H](C(=O)O)[C@@H](O)[C@H](O)[C@H]2O)C1=O. The number of aliphatic hydroxyl groups is 3. The predicted molar refractivity (Wildman–Crippen MR) is 103 cm³/mol. The monoisotopic (exact) mass is 442 g/mol. The van der Waals surface area contributed by atoms with E-state index in [1.807, 2.05) is 6.92 Å². The summed E-state index contributed by atoms with van der Waals surface area (Å²) in [4.78, 5) is 52.6. The van der Waals surface area contributed by atoms with Crippen LogP contribution in [0.3, 0.4) is 0 Å². The lowest BCUT2D eigenvalue weighted by Gasteiger charge is -2.48. The number of aliphatic carboxylic acids is 1. The van der Waals surface area contributed by atoms with Gasteiger partial charge in [0, 0.05) is 6.04 Å². The number of hydrogen-bond donors (Lipinski definition) is 4. The standard InChI is InChI=1S/C20H30N2O9/c1-2-3-9-11-16(26)21(10-7-5-4-6-8-10)20(30)22(17(11)27)18-14(25)12(23)13(24)15(31-18)19(28)29/h10-15,18,23-25H,2-9H2,1H3,(H,28,29)/t11?,12-,13-,14+,15-,18+/m0/s1. The molecule has 0 spiro atoms. The van der Waals surface area contributed by atoms with E-state index in [-0.39, 0.29) is 6.42 Å². The Balaban J connectivity index is 1.97. The molecule has 6 atom stereocenters. The Morgan fingerprint density at radius 1 is 0.968 bits per heavy atom. The van der Waals surface area contributed by atoms with Crippen LogP contribution in [0.5, 0.6) is 0 Å². The first-order valence-corrected chi connectivity index (χ1v) is 10.8. The number of barbiturate groups is 1. The van der Waals surface area contributed by atoms with E-state index < -0.39 is 66.4 Å². The van der Waals surface area contributed by atoms with Gasteiger partial charge in [-0.15, -0.1) is 0 Å². The zero-order chi connectivity index (χ0) is 22.9. The van der Waals surface area contributed by atoms with Crippen LogP contribution in [-0.4, -0.2) is 90.7 Å². The summed E-state index contributed by atoms with van der Waals surface area (Å²) >= 11 is 0. The molecule has 1 unspecified atom stereocenters. The molecule has 1 saturated carbocycles. The van der Waals surface area contributed by atoms with Crippen molar-refractivity contribution >= 4 is 23.8 Å². The number of amides is 4. The fraction of sp³-hybridized carbons (Fsp3) is 0.800. The van der Waals surface area contributed by atoms with Crippen molar-refractivity contribution in [2.75, 3.05) is 0 Å². The number of hydrogen-bond acceptors (Lipinski definition) is 8. The number of rotatable bonds is 6. The molecule has 0 aromatic heterocycles. The van der Waals surface area contributed by atoms with Crippen molar-refractivity contribution < 1.29 is 44.3 Å². The first-order chi connectivity index (χ1) is 14.7. The third-order valence-electron chi connectivity index (χ3n) is 6.36. The number of carbonyl (C=O) groups is 4. The second-order valence-corrected chi connectivity index (χ2v) is 8.44. The topological polar surface area (TPSA) is 165 Å². The molecule has 0 radical (unpaired) electrons. The van der Waals surface area contributed by atoms with Crippen LogP contribution in [0.25, 0.3) is 0 Å². The number of aliphatic hydroxyl groups excluding tert-OH is 3. The van der Waals surface area contributed by atoms with Gasteiger partial charge < -0.3 is 25.2 Å². The molecule has 174 valence electrons. The smallest absolute Gasteiger partial charge is 0.335 e. The normalized spacial score (nSPS) is 35.5. The summed E-state index contributed by atoms with van der Waals surface area (Å²) in [5, 5.41) is 39.8. The van der Waals surface area contributed by atoms with Crippen LogP contribution >= 0.6 is 0 Å². The van der Waals surface area contributed by atoms with E-state index >= 15 is 0 Å². The van der Waals surface area contributed by atoms with E-state index in [1.54, 1.807) is 0 Å². The zero-order valence-electron chi connectivity index (χ0n) is 17.4. The minimum atomic E-state index is -1.96. The number of carboxylic acids is 1. The van der Waals surface area contributed by atoms with Crippen LogP contribution < -0.4 is 0 Å². The number of urea groups is 1. The Kier molecular flexibility index (Phi) is 7.30. The largest absolute Gasteiger partial charge is 0.479 e. The summed E-state index contributed by atoms with van der Waals surface area (Å²) < 4.78 is 5.23. The highest BCUT2D eigenvalue weighted by Gasteiger charge is 2.56. The first-order valence-electron chi connectivity index (χ1n) is 10.8. The van der Waals surface area contributed by atoms with Crippen LogP contribution in [0, 0.1) is 5.92 Å². The quantitative estimate of drug-likeness (QED) is 0.408. The van der Waals surface area contributed by atoms with Gasteiger partial charge in [0.2, 0.25) is 11.8 Å². The van der Waals surface area contributed by atoms with Gasteiger partial charge in [-0.3, -0.25) is 14.5 Å². The fourth-order valence-electron chi connectivity index (χ4n) is 4.59. The van der Waals surface area contributed by atoms with E-state index in [2.05, 4.69) is 0 Å². The molecule has 2 saturated heterocycles. The van der Waals surface area contributed by atoms with Gasteiger partial charge in [-0.2, -0.15) is 0 Å². The van der Waals surface area contributed by atoms with Crippen LogP contribution in [0.4, 0.5) is 4.79 Å². The Hall–Kier alpha value is -2.08. The maximum absolute atomic E-state index is 13.3. The molecule has 1 aliphatic carbocycles. The van der Waals surface area contributed by atoms with Crippen molar-refractivity contribution in [1.82, 2.24) is 9.80 Å². The fourth-order valence-corrected chi connectivity index (χ4v) is 4.59. The lowest BCUT2D eigenvalue weighted by molar-refractivity contribution is -0.253. The zero-order valence-corrected chi connectivity index (χ0v) is 17.4. The molecule has 4 N–H and O–H groups in total. The molecule has 31 heavy (non-hydrogen) atoms. The highest BCUT2D eigenvalue weighted by atomic mass is 16.6. The Morgan fingerprint density at radius 3 is 2.16 bits per heavy atom. The lowest BCUT2D eigenvalue weighted by Crippen LogP contribution is -2.71. The number of carboxylic acid groups (broad SMARTS) is 1. The van der Waals surface area contributed by atoms with Crippen LogP contribution in [0.2, 0.25) is 0 Å². The molecule has 0 bridgehead atoms.